The molecule has 0 radical (unpaired) electrons. The second-order valence-corrected chi connectivity index (χ2v) is 5.15. The number of hydrogen-bond donors (Lipinski definition) is 0. The van der Waals surface area contributed by atoms with Gasteiger partial charge < -0.3 is 9.80 Å². The second kappa shape index (κ2) is 11.7. The van der Waals surface area contributed by atoms with E-state index in [2.05, 4.69) is 13.8 Å². The fourth-order valence-corrected chi connectivity index (χ4v) is 2.17. The minimum atomic E-state index is 0.0919. The molecule has 4 nitrogen and oxygen atoms in total. The third kappa shape index (κ3) is 7.51. The monoisotopic (exact) mass is 284 g/mol. The van der Waals surface area contributed by atoms with Crippen molar-refractivity contribution in [3.05, 3.63) is 0 Å². The van der Waals surface area contributed by atoms with Gasteiger partial charge in [-0.2, -0.15) is 0 Å². The Balaban J connectivity index is 4.26. The molecular formula is C16H32N2O2. The van der Waals surface area contributed by atoms with E-state index >= 15 is 0 Å². The molecule has 0 spiro atoms. The number of carbonyl (C=O) groups excluding carboxylic acids is 2. The molecule has 0 rings (SSSR count). The van der Waals surface area contributed by atoms with E-state index in [0.29, 0.717) is 12.8 Å². The molecule has 0 aliphatic carbocycles. The van der Waals surface area contributed by atoms with Crippen molar-refractivity contribution in [2.45, 2.75) is 66.2 Å². The molecule has 0 unspecified atom stereocenters. The zero-order chi connectivity index (χ0) is 15.4. The average molecular weight is 284 g/mol. The maximum Gasteiger partial charge on any atom is 0.223 e. The Morgan fingerprint density at radius 1 is 0.700 bits per heavy atom. The summed E-state index contributed by atoms with van der Waals surface area (Å²) in [5, 5.41) is 0. The summed E-state index contributed by atoms with van der Waals surface area (Å²) in [4.78, 5) is 27.8. The first kappa shape index (κ1) is 18.9. The Hall–Kier alpha value is -1.06. The molecule has 0 aromatic rings. The van der Waals surface area contributed by atoms with E-state index in [1.54, 1.807) is 4.90 Å². The molecule has 0 aliphatic rings. The first-order valence-corrected chi connectivity index (χ1v) is 8.16. The Bertz CT molecular complexity index is 268. The Labute approximate surface area is 124 Å². The third-order valence-electron chi connectivity index (χ3n) is 3.58. The quantitative estimate of drug-likeness (QED) is 0.585. The topological polar surface area (TPSA) is 40.6 Å². The van der Waals surface area contributed by atoms with Crippen LogP contribution < -0.4 is 0 Å². The lowest BCUT2D eigenvalue weighted by molar-refractivity contribution is -0.137. The van der Waals surface area contributed by atoms with Gasteiger partial charge >= 0.3 is 0 Å². The fourth-order valence-electron chi connectivity index (χ4n) is 2.17. The summed E-state index contributed by atoms with van der Waals surface area (Å²) in [7, 11) is 0. The zero-order valence-corrected chi connectivity index (χ0v) is 13.8. The normalized spacial score (nSPS) is 10.4. The summed E-state index contributed by atoms with van der Waals surface area (Å²) in [6.07, 6.45) is 4.96. The summed E-state index contributed by atoms with van der Waals surface area (Å²) in [5.74, 6) is 0.224. The highest BCUT2D eigenvalue weighted by Gasteiger charge is 2.16. The summed E-state index contributed by atoms with van der Waals surface area (Å²) < 4.78 is 0. The summed E-state index contributed by atoms with van der Waals surface area (Å²) >= 11 is 0. The molecule has 0 heterocycles. The highest BCUT2D eigenvalue weighted by Crippen LogP contribution is 2.06. The highest BCUT2D eigenvalue weighted by molar-refractivity contribution is 5.83. The van der Waals surface area contributed by atoms with Crippen molar-refractivity contribution in [1.29, 1.82) is 0 Å². The van der Waals surface area contributed by atoms with Crippen molar-refractivity contribution < 1.29 is 9.59 Å². The standard InChI is InChI=1S/C16H32N2O2/c1-5-9-13-18(14-10-6-2)16(20)12-11-15(19)17(7-3)8-4/h5-14H2,1-4H3. The third-order valence-corrected chi connectivity index (χ3v) is 3.58. The van der Waals surface area contributed by atoms with Crippen LogP contribution in [0.2, 0.25) is 0 Å². The number of hydrogen-bond acceptors (Lipinski definition) is 2. The van der Waals surface area contributed by atoms with E-state index in [1.807, 2.05) is 18.7 Å². The molecule has 0 saturated heterocycles. The maximum absolute atomic E-state index is 12.2. The van der Waals surface area contributed by atoms with Crippen LogP contribution in [-0.2, 0) is 9.59 Å². The SMILES string of the molecule is CCCCN(CCCC)C(=O)CCC(=O)N(CC)CC. The van der Waals surface area contributed by atoms with Crippen molar-refractivity contribution in [2.75, 3.05) is 26.2 Å². The van der Waals surface area contributed by atoms with Crippen molar-refractivity contribution in [1.82, 2.24) is 9.80 Å². The van der Waals surface area contributed by atoms with Crippen LogP contribution in [0.15, 0.2) is 0 Å². The Kier molecular flexibility index (Phi) is 11.1. The minimum absolute atomic E-state index is 0.0919. The predicted molar refractivity (Wildman–Crippen MR) is 83.6 cm³/mol. The van der Waals surface area contributed by atoms with Gasteiger partial charge in [0.1, 0.15) is 0 Å². The van der Waals surface area contributed by atoms with Crippen LogP contribution in [0.5, 0.6) is 0 Å². The Morgan fingerprint density at radius 3 is 1.45 bits per heavy atom. The second-order valence-electron chi connectivity index (χ2n) is 5.15. The van der Waals surface area contributed by atoms with Crippen molar-refractivity contribution in [3.8, 4) is 0 Å². The first-order valence-electron chi connectivity index (χ1n) is 8.16. The fraction of sp³-hybridized carbons (Fsp3) is 0.875. The van der Waals surface area contributed by atoms with Crippen LogP contribution in [0.4, 0.5) is 0 Å². The van der Waals surface area contributed by atoms with E-state index in [4.69, 9.17) is 0 Å². The van der Waals surface area contributed by atoms with Gasteiger partial charge in [-0.1, -0.05) is 26.7 Å². The lowest BCUT2D eigenvalue weighted by Gasteiger charge is -2.23. The van der Waals surface area contributed by atoms with Crippen LogP contribution >= 0.6 is 0 Å². The molecule has 0 atom stereocenters. The van der Waals surface area contributed by atoms with Crippen LogP contribution in [0.25, 0.3) is 0 Å². The number of amides is 2. The van der Waals surface area contributed by atoms with Gasteiger partial charge in [-0.3, -0.25) is 9.59 Å². The van der Waals surface area contributed by atoms with E-state index in [1.165, 1.54) is 0 Å². The summed E-state index contributed by atoms with van der Waals surface area (Å²) in [5.41, 5.74) is 0. The van der Waals surface area contributed by atoms with E-state index in [-0.39, 0.29) is 11.8 Å². The molecule has 20 heavy (non-hydrogen) atoms. The van der Waals surface area contributed by atoms with Crippen LogP contribution in [-0.4, -0.2) is 47.8 Å². The van der Waals surface area contributed by atoms with Gasteiger partial charge in [0.25, 0.3) is 0 Å². The minimum Gasteiger partial charge on any atom is -0.343 e. The smallest absolute Gasteiger partial charge is 0.223 e. The summed E-state index contributed by atoms with van der Waals surface area (Å²) in [6, 6.07) is 0. The van der Waals surface area contributed by atoms with Gasteiger partial charge in [0, 0.05) is 39.0 Å². The van der Waals surface area contributed by atoms with Crippen LogP contribution in [0.3, 0.4) is 0 Å². The van der Waals surface area contributed by atoms with E-state index in [9.17, 15) is 9.59 Å². The average Bonchev–Trinajstić information content (AvgIpc) is 2.46. The van der Waals surface area contributed by atoms with Crippen LogP contribution in [0, 0.1) is 0 Å². The van der Waals surface area contributed by atoms with Gasteiger partial charge in [-0.05, 0) is 26.7 Å². The molecular weight excluding hydrogens is 252 g/mol. The molecule has 0 saturated carbocycles. The Morgan fingerprint density at radius 2 is 1.10 bits per heavy atom. The van der Waals surface area contributed by atoms with Crippen LogP contribution in [0.1, 0.15) is 66.2 Å². The summed E-state index contributed by atoms with van der Waals surface area (Å²) in [6.45, 7) is 11.3. The number of carbonyl (C=O) groups is 2. The van der Waals surface area contributed by atoms with E-state index in [0.717, 1.165) is 51.9 Å². The highest BCUT2D eigenvalue weighted by atomic mass is 16.2. The van der Waals surface area contributed by atoms with Gasteiger partial charge in [0.05, 0.1) is 0 Å². The molecule has 0 aromatic heterocycles. The molecule has 0 aromatic carbocycles. The lowest BCUT2D eigenvalue weighted by Crippen LogP contribution is -2.35. The molecule has 4 heteroatoms. The molecule has 118 valence electrons. The van der Waals surface area contributed by atoms with Crippen molar-refractivity contribution in [2.24, 2.45) is 0 Å². The first-order chi connectivity index (χ1) is 9.60. The van der Waals surface area contributed by atoms with Gasteiger partial charge in [-0.25, -0.2) is 0 Å². The molecule has 0 aliphatic heterocycles. The molecule has 0 fully saturated rings. The molecule has 0 bridgehead atoms. The van der Waals surface area contributed by atoms with Gasteiger partial charge in [-0.15, -0.1) is 0 Å². The van der Waals surface area contributed by atoms with Crippen molar-refractivity contribution in [3.63, 3.8) is 0 Å². The van der Waals surface area contributed by atoms with Gasteiger partial charge in [0.15, 0.2) is 0 Å². The van der Waals surface area contributed by atoms with Gasteiger partial charge in [0.2, 0.25) is 11.8 Å². The predicted octanol–water partition coefficient (Wildman–Crippen LogP) is 3.06. The van der Waals surface area contributed by atoms with E-state index < -0.39 is 0 Å². The largest absolute Gasteiger partial charge is 0.343 e. The number of nitrogens with zero attached hydrogens (tertiary/aromatic N) is 2. The zero-order valence-electron chi connectivity index (χ0n) is 13.8. The lowest BCUT2D eigenvalue weighted by atomic mass is 10.2. The number of rotatable bonds is 11. The molecule has 0 N–H and O–H groups in total. The maximum atomic E-state index is 12.2. The van der Waals surface area contributed by atoms with Crippen molar-refractivity contribution >= 4 is 11.8 Å². The number of unbranched alkanes of at least 4 members (excludes halogenated alkanes) is 2. The molecule has 2 amide bonds.